The van der Waals surface area contributed by atoms with Gasteiger partial charge in [0.1, 0.15) is 0 Å². The van der Waals surface area contributed by atoms with E-state index >= 15 is 0 Å². The molecule has 5 heteroatoms. The predicted molar refractivity (Wildman–Crippen MR) is 87.2 cm³/mol. The number of fused-ring (bicyclic) bond motifs is 1. The molecule has 1 aromatic heterocycles. The van der Waals surface area contributed by atoms with E-state index in [1.165, 1.54) is 4.68 Å². The lowest BCUT2D eigenvalue weighted by molar-refractivity contribution is 0.149. The fourth-order valence-corrected chi connectivity index (χ4v) is 2.61. The normalized spacial score (nSPS) is 12.5. The number of aryl methyl sites for hydroxylation is 1. The molecule has 0 aliphatic carbocycles. The van der Waals surface area contributed by atoms with Crippen LogP contribution in [0.1, 0.15) is 17.4 Å². The lowest BCUT2D eigenvalue weighted by Gasteiger charge is -2.14. The lowest BCUT2D eigenvalue weighted by Crippen LogP contribution is -2.26. The Morgan fingerprint density at radius 2 is 1.77 bits per heavy atom. The van der Waals surface area contributed by atoms with Crippen LogP contribution in [0.5, 0.6) is 0 Å². The van der Waals surface area contributed by atoms with E-state index in [4.69, 9.17) is 11.6 Å². The lowest BCUT2D eigenvalue weighted by atomic mass is 10.1. The average molecular weight is 315 g/mol. The number of nitrogens with zero attached hydrogens (tertiary/aromatic N) is 2. The third-order valence-corrected chi connectivity index (χ3v) is 3.91. The highest BCUT2D eigenvalue weighted by molar-refractivity contribution is 6.30. The minimum absolute atomic E-state index is 0.103. The van der Waals surface area contributed by atoms with Crippen LogP contribution in [0.4, 0.5) is 0 Å². The van der Waals surface area contributed by atoms with Crippen LogP contribution in [0, 0.1) is 6.92 Å². The van der Waals surface area contributed by atoms with Crippen LogP contribution in [0.15, 0.2) is 53.3 Å². The smallest absolute Gasteiger partial charge is 0.274 e. The van der Waals surface area contributed by atoms with Crippen LogP contribution >= 0.6 is 11.6 Å². The molecule has 0 saturated heterocycles. The van der Waals surface area contributed by atoms with Gasteiger partial charge in [0.2, 0.25) is 0 Å². The maximum atomic E-state index is 12.5. The Labute approximate surface area is 132 Å². The van der Waals surface area contributed by atoms with Crippen molar-refractivity contribution in [2.45, 2.75) is 19.6 Å². The van der Waals surface area contributed by atoms with Crippen molar-refractivity contribution in [2.75, 3.05) is 0 Å². The molecule has 3 rings (SSSR count). The van der Waals surface area contributed by atoms with Crippen molar-refractivity contribution >= 4 is 22.4 Å². The molecule has 0 aliphatic rings. The number of aliphatic hydroxyl groups is 1. The Balaban J connectivity index is 1.99. The number of benzene rings is 2. The Kier molecular flexibility index (Phi) is 3.96. The topological polar surface area (TPSA) is 55.1 Å². The fraction of sp³-hybridized carbons (Fsp3) is 0.176. The average Bonchev–Trinajstić information content (AvgIpc) is 2.53. The Morgan fingerprint density at radius 3 is 2.45 bits per heavy atom. The van der Waals surface area contributed by atoms with Crippen LogP contribution in [-0.2, 0) is 6.54 Å². The summed E-state index contributed by atoms with van der Waals surface area (Å²) in [6, 6.07) is 14.3. The fourth-order valence-electron chi connectivity index (χ4n) is 2.48. The van der Waals surface area contributed by atoms with E-state index < -0.39 is 6.10 Å². The van der Waals surface area contributed by atoms with Gasteiger partial charge in [0.25, 0.3) is 5.56 Å². The van der Waals surface area contributed by atoms with Gasteiger partial charge >= 0.3 is 0 Å². The molecule has 112 valence electrons. The molecule has 22 heavy (non-hydrogen) atoms. The molecular formula is C17H15ClN2O2. The van der Waals surface area contributed by atoms with Gasteiger partial charge in [-0.05, 0) is 30.7 Å². The summed E-state index contributed by atoms with van der Waals surface area (Å²) in [6.45, 7) is 1.96. The zero-order valence-corrected chi connectivity index (χ0v) is 12.8. The van der Waals surface area contributed by atoms with E-state index in [9.17, 15) is 9.90 Å². The van der Waals surface area contributed by atoms with Crippen molar-refractivity contribution in [2.24, 2.45) is 0 Å². The largest absolute Gasteiger partial charge is 0.386 e. The van der Waals surface area contributed by atoms with Gasteiger partial charge in [0.15, 0.2) is 0 Å². The highest BCUT2D eigenvalue weighted by Crippen LogP contribution is 2.18. The predicted octanol–water partition coefficient (Wildman–Crippen LogP) is 3.09. The molecule has 1 heterocycles. The van der Waals surface area contributed by atoms with Crippen LogP contribution in [0.3, 0.4) is 0 Å². The second-order valence-corrected chi connectivity index (χ2v) is 5.62. The SMILES string of the molecule is Cc1nn(C[C@@H](O)c2ccc(Cl)cc2)c(=O)c2ccccc12. The van der Waals surface area contributed by atoms with Crippen molar-refractivity contribution in [3.8, 4) is 0 Å². The molecule has 0 radical (unpaired) electrons. The minimum atomic E-state index is -0.817. The Morgan fingerprint density at radius 1 is 1.14 bits per heavy atom. The van der Waals surface area contributed by atoms with Crippen molar-refractivity contribution in [1.29, 1.82) is 0 Å². The third-order valence-electron chi connectivity index (χ3n) is 3.65. The first-order valence-corrected chi connectivity index (χ1v) is 7.34. The first-order valence-electron chi connectivity index (χ1n) is 6.96. The van der Waals surface area contributed by atoms with Gasteiger partial charge in [0.05, 0.1) is 23.7 Å². The molecule has 1 N–H and O–H groups in total. The van der Waals surface area contributed by atoms with Crippen LogP contribution in [-0.4, -0.2) is 14.9 Å². The molecule has 0 spiro atoms. The highest BCUT2D eigenvalue weighted by Gasteiger charge is 2.13. The van der Waals surface area contributed by atoms with Crippen molar-refractivity contribution < 1.29 is 5.11 Å². The summed E-state index contributed by atoms with van der Waals surface area (Å²) in [7, 11) is 0. The molecule has 1 atom stereocenters. The van der Waals surface area contributed by atoms with Crippen LogP contribution in [0.25, 0.3) is 10.8 Å². The number of hydrogen-bond acceptors (Lipinski definition) is 3. The molecular weight excluding hydrogens is 300 g/mol. The standard InChI is InChI=1S/C17H15ClN2O2/c1-11-14-4-2-3-5-15(14)17(22)20(19-11)10-16(21)12-6-8-13(18)9-7-12/h2-9,16,21H,10H2,1H3/t16-/m1/s1. The van der Waals surface area contributed by atoms with E-state index in [-0.39, 0.29) is 12.1 Å². The van der Waals surface area contributed by atoms with Crippen LogP contribution in [0.2, 0.25) is 5.02 Å². The molecule has 0 aliphatic heterocycles. The van der Waals surface area contributed by atoms with Gasteiger partial charge in [0, 0.05) is 10.4 Å². The van der Waals surface area contributed by atoms with Gasteiger partial charge in [-0.1, -0.05) is 41.9 Å². The summed E-state index contributed by atoms with van der Waals surface area (Å²) < 4.78 is 1.32. The van der Waals surface area contributed by atoms with Gasteiger partial charge in [-0.2, -0.15) is 5.10 Å². The van der Waals surface area contributed by atoms with Crippen LogP contribution < -0.4 is 5.56 Å². The number of rotatable bonds is 3. The quantitative estimate of drug-likeness (QED) is 0.808. The summed E-state index contributed by atoms with van der Waals surface area (Å²) in [5.74, 6) is 0. The summed E-state index contributed by atoms with van der Waals surface area (Å²) in [4.78, 5) is 12.5. The molecule has 0 fully saturated rings. The second kappa shape index (κ2) is 5.91. The number of aromatic nitrogens is 2. The summed E-state index contributed by atoms with van der Waals surface area (Å²) in [6.07, 6.45) is -0.817. The molecule has 2 aromatic carbocycles. The Bertz CT molecular complexity index is 872. The second-order valence-electron chi connectivity index (χ2n) is 5.19. The van der Waals surface area contributed by atoms with Crippen molar-refractivity contribution in [3.05, 3.63) is 75.2 Å². The summed E-state index contributed by atoms with van der Waals surface area (Å²) >= 11 is 5.84. The van der Waals surface area contributed by atoms with E-state index in [0.29, 0.717) is 16.0 Å². The minimum Gasteiger partial charge on any atom is -0.386 e. The maximum absolute atomic E-state index is 12.5. The first-order chi connectivity index (χ1) is 10.6. The first kappa shape index (κ1) is 14.8. The number of hydrogen-bond donors (Lipinski definition) is 1. The monoisotopic (exact) mass is 314 g/mol. The molecule has 3 aromatic rings. The zero-order chi connectivity index (χ0) is 15.7. The van der Waals surface area contributed by atoms with Crippen molar-refractivity contribution in [1.82, 2.24) is 9.78 Å². The maximum Gasteiger partial charge on any atom is 0.274 e. The van der Waals surface area contributed by atoms with Gasteiger partial charge in [-0.25, -0.2) is 4.68 Å². The number of halogens is 1. The summed E-state index contributed by atoms with van der Waals surface area (Å²) in [5.41, 5.74) is 1.26. The molecule has 0 amide bonds. The van der Waals surface area contributed by atoms with E-state index in [1.54, 1.807) is 30.3 Å². The molecule has 0 unspecified atom stereocenters. The molecule has 0 saturated carbocycles. The zero-order valence-electron chi connectivity index (χ0n) is 12.0. The third kappa shape index (κ3) is 2.75. The molecule has 0 bridgehead atoms. The van der Waals surface area contributed by atoms with Crippen molar-refractivity contribution in [3.63, 3.8) is 0 Å². The summed E-state index contributed by atoms with van der Waals surface area (Å²) in [5, 5.41) is 16.7. The van der Waals surface area contributed by atoms with Gasteiger partial charge in [-0.15, -0.1) is 0 Å². The Hall–Kier alpha value is -2.17. The molecule has 4 nitrogen and oxygen atoms in total. The van der Waals surface area contributed by atoms with Gasteiger partial charge in [-0.3, -0.25) is 4.79 Å². The van der Waals surface area contributed by atoms with E-state index in [2.05, 4.69) is 5.10 Å². The number of aliphatic hydroxyl groups excluding tert-OH is 1. The van der Waals surface area contributed by atoms with E-state index in [1.807, 2.05) is 25.1 Å². The highest BCUT2D eigenvalue weighted by atomic mass is 35.5. The van der Waals surface area contributed by atoms with E-state index in [0.717, 1.165) is 11.1 Å². The van der Waals surface area contributed by atoms with Gasteiger partial charge < -0.3 is 5.11 Å².